The molecule has 1 aliphatic rings. The van der Waals surface area contributed by atoms with Gasteiger partial charge in [-0.15, -0.1) is 0 Å². The maximum absolute atomic E-state index is 5.57. The Kier molecular flexibility index (Phi) is 5.17. The van der Waals surface area contributed by atoms with E-state index < -0.39 is 0 Å². The van der Waals surface area contributed by atoms with Gasteiger partial charge >= 0.3 is 0 Å². The number of anilines is 3. The van der Waals surface area contributed by atoms with Gasteiger partial charge in [-0.05, 0) is 26.2 Å². The molecular formula is C14H26N6O. The summed E-state index contributed by atoms with van der Waals surface area (Å²) in [5, 5.41) is 6.64. The standard InChI is InChI=1S/C14H26N6O/c1-5-8-15-11-16-12(18-13(17-11)20(3)4)19-14(2)7-6-9-21-10-14/h5-10H2,1-4H3,(H2,15,16,17,18,19). The highest BCUT2D eigenvalue weighted by Crippen LogP contribution is 2.23. The number of nitrogens with zero attached hydrogens (tertiary/aromatic N) is 4. The highest BCUT2D eigenvalue weighted by Gasteiger charge is 2.28. The van der Waals surface area contributed by atoms with Crippen molar-refractivity contribution in [3.05, 3.63) is 0 Å². The number of nitrogens with one attached hydrogen (secondary N) is 2. The molecule has 1 aliphatic heterocycles. The summed E-state index contributed by atoms with van der Waals surface area (Å²) in [6.07, 6.45) is 3.13. The van der Waals surface area contributed by atoms with Gasteiger partial charge in [-0.1, -0.05) is 6.92 Å². The SMILES string of the molecule is CCCNc1nc(NC2(C)CCCOC2)nc(N(C)C)n1. The van der Waals surface area contributed by atoms with Crippen LogP contribution in [0.25, 0.3) is 0 Å². The van der Waals surface area contributed by atoms with Gasteiger partial charge in [0.2, 0.25) is 17.8 Å². The van der Waals surface area contributed by atoms with E-state index in [-0.39, 0.29) is 5.54 Å². The first-order valence-corrected chi connectivity index (χ1v) is 7.55. The monoisotopic (exact) mass is 294 g/mol. The fourth-order valence-corrected chi connectivity index (χ4v) is 2.24. The van der Waals surface area contributed by atoms with Gasteiger partial charge in [0.1, 0.15) is 0 Å². The molecule has 0 radical (unpaired) electrons. The molecule has 2 rings (SSSR count). The molecule has 1 aromatic heterocycles. The first-order valence-electron chi connectivity index (χ1n) is 7.55. The molecule has 21 heavy (non-hydrogen) atoms. The van der Waals surface area contributed by atoms with Crippen LogP contribution in [0.1, 0.15) is 33.1 Å². The van der Waals surface area contributed by atoms with Gasteiger partial charge in [0.05, 0.1) is 12.1 Å². The second kappa shape index (κ2) is 6.89. The maximum Gasteiger partial charge on any atom is 0.231 e. The number of aromatic nitrogens is 3. The van der Waals surface area contributed by atoms with E-state index in [1.807, 2.05) is 19.0 Å². The lowest BCUT2D eigenvalue weighted by Gasteiger charge is -2.34. The lowest BCUT2D eigenvalue weighted by Crippen LogP contribution is -2.43. The van der Waals surface area contributed by atoms with Gasteiger partial charge in [-0.2, -0.15) is 15.0 Å². The van der Waals surface area contributed by atoms with E-state index in [0.29, 0.717) is 24.5 Å². The number of hydrogen-bond donors (Lipinski definition) is 2. The third-order valence-electron chi connectivity index (χ3n) is 3.41. The highest BCUT2D eigenvalue weighted by atomic mass is 16.5. The number of hydrogen-bond acceptors (Lipinski definition) is 7. The van der Waals surface area contributed by atoms with Gasteiger partial charge < -0.3 is 20.3 Å². The van der Waals surface area contributed by atoms with Crippen molar-refractivity contribution >= 4 is 17.8 Å². The Morgan fingerprint density at radius 2 is 2.00 bits per heavy atom. The van der Waals surface area contributed by atoms with E-state index in [1.165, 1.54) is 0 Å². The summed E-state index contributed by atoms with van der Waals surface area (Å²) in [4.78, 5) is 15.2. The van der Waals surface area contributed by atoms with Crippen LogP contribution in [0.3, 0.4) is 0 Å². The summed E-state index contributed by atoms with van der Waals surface area (Å²) >= 11 is 0. The van der Waals surface area contributed by atoms with Crippen LogP contribution in [-0.2, 0) is 4.74 Å². The Bertz CT molecular complexity index is 459. The summed E-state index contributed by atoms with van der Waals surface area (Å²) in [5.41, 5.74) is -0.120. The zero-order valence-corrected chi connectivity index (χ0v) is 13.4. The van der Waals surface area contributed by atoms with Crippen molar-refractivity contribution in [2.24, 2.45) is 0 Å². The summed E-state index contributed by atoms with van der Waals surface area (Å²) < 4.78 is 5.57. The van der Waals surface area contributed by atoms with Crippen LogP contribution in [0, 0.1) is 0 Å². The fourth-order valence-electron chi connectivity index (χ4n) is 2.24. The van der Waals surface area contributed by atoms with E-state index in [2.05, 4.69) is 39.4 Å². The first-order chi connectivity index (χ1) is 10.0. The predicted molar refractivity (Wildman–Crippen MR) is 85.0 cm³/mol. The third-order valence-corrected chi connectivity index (χ3v) is 3.41. The summed E-state index contributed by atoms with van der Waals surface area (Å²) in [6, 6.07) is 0. The summed E-state index contributed by atoms with van der Waals surface area (Å²) in [5.74, 6) is 1.85. The van der Waals surface area contributed by atoms with Crippen LogP contribution >= 0.6 is 0 Å². The second-order valence-corrected chi connectivity index (χ2v) is 5.95. The van der Waals surface area contributed by atoms with Crippen LogP contribution in [0.15, 0.2) is 0 Å². The molecule has 7 heteroatoms. The van der Waals surface area contributed by atoms with E-state index in [0.717, 1.165) is 32.4 Å². The van der Waals surface area contributed by atoms with Crippen LogP contribution < -0.4 is 15.5 Å². The second-order valence-electron chi connectivity index (χ2n) is 5.95. The molecule has 1 unspecified atom stereocenters. The maximum atomic E-state index is 5.57. The minimum absolute atomic E-state index is 0.120. The Morgan fingerprint density at radius 1 is 1.24 bits per heavy atom. The quantitative estimate of drug-likeness (QED) is 0.827. The zero-order chi connectivity index (χ0) is 15.3. The Balaban J connectivity index is 2.18. The molecular weight excluding hydrogens is 268 g/mol. The molecule has 0 aromatic carbocycles. The molecule has 0 bridgehead atoms. The molecule has 0 saturated carbocycles. The molecule has 0 aliphatic carbocycles. The molecule has 1 fully saturated rings. The third kappa shape index (κ3) is 4.42. The lowest BCUT2D eigenvalue weighted by atomic mass is 9.95. The minimum Gasteiger partial charge on any atom is -0.379 e. The predicted octanol–water partition coefficient (Wildman–Crippen LogP) is 1.74. The average molecular weight is 294 g/mol. The smallest absolute Gasteiger partial charge is 0.231 e. The largest absolute Gasteiger partial charge is 0.379 e. The Labute approximate surface area is 126 Å². The van der Waals surface area contributed by atoms with Crippen molar-refractivity contribution in [3.8, 4) is 0 Å². The highest BCUT2D eigenvalue weighted by molar-refractivity contribution is 5.44. The van der Waals surface area contributed by atoms with Crippen molar-refractivity contribution in [3.63, 3.8) is 0 Å². The van der Waals surface area contributed by atoms with Gasteiger partial charge in [0.25, 0.3) is 0 Å². The van der Waals surface area contributed by atoms with Gasteiger partial charge in [-0.3, -0.25) is 0 Å². The summed E-state index contributed by atoms with van der Waals surface area (Å²) in [7, 11) is 3.85. The minimum atomic E-state index is -0.120. The van der Waals surface area contributed by atoms with Crippen LogP contribution in [0.4, 0.5) is 17.8 Å². The molecule has 2 N–H and O–H groups in total. The summed E-state index contributed by atoms with van der Waals surface area (Å²) in [6.45, 7) is 6.61. The van der Waals surface area contributed by atoms with Crippen molar-refractivity contribution in [1.29, 1.82) is 0 Å². The number of rotatable bonds is 6. The first kappa shape index (κ1) is 15.8. The molecule has 118 valence electrons. The molecule has 1 atom stereocenters. The van der Waals surface area contributed by atoms with Crippen molar-refractivity contribution in [2.75, 3.05) is 49.4 Å². The molecule has 0 spiro atoms. The van der Waals surface area contributed by atoms with Crippen LogP contribution in [0.5, 0.6) is 0 Å². The van der Waals surface area contributed by atoms with Gasteiger partial charge in [0.15, 0.2) is 0 Å². The molecule has 1 saturated heterocycles. The fraction of sp³-hybridized carbons (Fsp3) is 0.786. The topological polar surface area (TPSA) is 75.2 Å². The van der Waals surface area contributed by atoms with Crippen molar-refractivity contribution in [2.45, 2.75) is 38.6 Å². The zero-order valence-electron chi connectivity index (χ0n) is 13.4. The van der Waals surface area contributed by atoms with E-state index in [1.54, 1.807) is 0 Å². The normalized spacial score (nSPS) is 21.9. The van der Waals surface area contributed by atoms with Gasteiger partial charge in [0, 0.05) is 27.2 Å². The van der Waals surface area contributed by atoms with Crippen molar-refractivity contribution in [1.82, 2.24) is 15.0 Å². The van der Waals surface area contributed by atoms with Gasteiger partial charge in [-0.25, -0.2) is 0 Å². The molecule has 2 heterocycles. The molecule has 7 nitrogen and oxygen atoms in total. The van der Waals surface area contributed by atoms with Crippen molar-refractivity contribution < 1.29 is 4.74 Å². The molecule has 0 amide bonds. The number of ether oxygens (including phenoxy) is 1. The van der Waals surface area contributed by atoms with Crippen LogP contribution in [0.2, 0.25) is 0 Å². The van der Waals surface area contributed by atoms with Crippen LogP contribution in [-0.4, -0.2) is 54.3 Å². The van der Waals surface area contributed by atoms with E-state index in [4.69, 9.17) is 4.74 Å². The average Bonchev–Trinajstić information content (AvgIpc) is 2.45. The van der Waals surface area contributed by atoms with E-state index in [9.17, 15) is 0 Å². The van der Waals surface area contributed by atoms with E-state index >= 15 is 0 Å². The lowest BCUT2D eigenvalue weighted by molar-refractivity contribution is 0.0537. The Morgan fingerprint density at radius 3 is 2.62 bits per heavy atom. The molecule has 1 aromatic rings. The Hall–Kier alpha value is -1.63.